The minimum atomic E-state index is -0.418. The van der Waals surface area contributed by atoms with Crippen LogP contribution in [0.15, 0.2) is 0 Å². The van der Waals surface area contributed by atoms with Crippen LogP contribution in [0.3, 0.4) is 0 Å². The average Bonchev–Trinajstić information content (AvgIpc) is 2.23. The van der Waals surface area contributed by atoms with E-state index in [1.807, 2.05) is 20.8 Å². The van der Waals surface area contributed by atoms with Gasteiger partial charge in [-0.1, -0.05) is 0 Å². The third-order valence-electron chi connectivity index (χ3n) is 3.95. The van der Waals surface area contributed by atoms with Gasteiger partial charge in [-0.2, -0.15) is 0 Å². The molecular weight excluding hydrogens is 254 g/mol. The van der Waals surface area contributed by atoms with Crippen molar-refractivity contribution in [1.29, 1.82) is 0 Å². The maximum atomic E-state index is 11.6. The SMILES string of the molecule is CN1CCCC(NC2CC(NC(=O)OC(C)(C)C)C2)C1. The molecule has 116 valence electrons. The van der Waals surface area contributed by atoms with Crippen LogP contribution in [0.25, 0.3) is 0 Å². The van der Waals surface area contributed by atoms with Crippen molar-refractivity contribution in [3.63, 3.8) is 0 Å². The Morgan fingerprint density at radius 2 is 1.90 bits per heavy atom. The lowest BCUT2D eigenvalue weighted by atomic mass is 9.86. The first kappa shape index (κ1) is 15.6. The molecule has 2 fully saturated rings. The number of alkyl carbamates (subject to hydrolysis) is 1. The van der Waals surface area contributed by atoms with Gasteiger partial charge in [0, 0.05) is 24.7 Å². The summed E-state index contributed by atoms with van der Waals surface area (Å²) in [6.45, 7) is 8.01. The first-order chi connectivity index (χ1) is 9.32. The van der Waals surface area contributed by atoms with Crippen molar-refractivity contribution < 1.29 is 9.53 Å². The molecule has 0 aromatic heterocycles. The zero-order chi connectivity index (χ0) is 14.8. The molecule has 1 aliphatic heterocycles. The van der Waals surface area contributed by atoms with E-state index < -0.39 is 5.60 Å². The summed E-state index contributed by atoms with van der Waals surface area (Å²) in [5.41, 5.74) is -0.418. The monoisotopic (exact) mass is 283 g/mol. The predicted molar refractivity (Wildman–Crippen MR) is 79.8 cm³/mol. The van der Waals surface area contributed by atoms with Crippen LogP contribution in [0.5, 0.6) is 0 Å². The van der Waals surface area contributed by atoms with Crippen molar-refractivity contribution in [2.75, 3.05) is 20.1 Å². The number of nitrogens with zero attached hydrogens (tertiary/aromatic N) is 1. The fourth-order valence-corrected chi connectivity index (χ4v) is 2.98. The van der Waals surface area contributed by atoms with Crippen molar-refractivity contribution in [2.24, 2.45) is 0 Å². The minimum absolute atomic E-state index is 0.267. The second-order valence-electron chi connectivity index (χ2n) is 7.28. The third-order valence-corrected chi connectivity index (χ3v) is 3.95. The number of nitrogens with one attached hydrogen (secondary N) is 2. The van der Waals surface area contributed by atoms with Gasteiger partial charge >= 0.3 is 6.09 Å². The van der Waals surface area contributed by atoms with Gasteiger partial charge in [-0.25, -0.2) is 4.79 Å². The van der Waals surface area contributed by atoms with E-state index in [1.165, 1.54) is 19.4 Å². The quantitative estimate of drug-likeness (QED) is 0.828. The Kier molecular flexibility index (Phi) is 4.91. The summed E-state index contributed by atoms with van der Waals surface area (Å²) in [7, 11) is 2.18. The highest BCUT2D eigenvalue weighted by atomic mass is 16.6. The zero-order valence-corrected chi connectivity index (χ0v) is 13.2. The number of carbonyl (C=O) groups excluding carboxylic acids is 1. The first-order valence-electron chi connectivity index (χ1n) is 7.76. The van der Waals surface area contributed by atoms with E-state index >= 15 is 0 Å². The Hall–Kier alpha value is -0.810. The Labute approximate surface area is 122 Å². The van der Waals surface area contributed by atoms with Crippen molar-refractivity contribution in [3.05, 3.63) is 0 Å². The van der Waals surface area contributed by atoms with Crippen molar-refractivity contribution in [2.45, 2.75) is 70.2 Å². The van der Waals surface area contributed by atoms with Crippen LogP contribution in [0.1, 0.15) is 46.5 Å². The highest BCUT2D eigenvalue weighted by Crippen LogP contribution is 2.22. The van der Waals surface area contributed by atoms with E-state index in [1.54, 1.807) is 0 Å². The third kappa shape index (κ3) is 4.94. The number of likely N-dealkylation sites (N-methyl/N-ethyl adjacent to an activating group) is 1. The molecule has 1 heterocycles. The van der Waals surface area contributed by atoms with E-state index in [2.05, 4.69) is 22.6 Å². The van der Waals surface area contributed by atoms with Crippen LogP contribution < -0.4 is 10.6 Å². The van der Waals surface area contributed by atoms with Gasteiger partial charge in [0.1, 0.15) is 5.60 Å². The number of hydrogen-bond donors (Lipinski definition) is 2. The van der Waals surface area contributed by atoms with Crippen molar-refractivity contribution in [1.82, 2.24) is 15.5 Å². The molecule has 0 aromatic carbocycles. The van der Waals surface area contributed by atoms with E-state index in [9.17, 15) is 4.79 Å². The molecule has 2 N–H and O–H groups in total. The molecule has 1 amide bonds. The molecule has 0 aromatic rings. The number of amides is 1. The van der Waals surface area contributed by atoms with Crippen LogP contribution in [-0.2, 0) is 4.74 Å². The minimum Gasteiger partial charge on any atom is -0.444 e. The maximum Gasteiger partial charge on any atom is 0.407 e. The van der Waals surface area contributed by atoms with Crippen molar-refractivity contribution in [3.8, 4) is 0 Å². The average molecular weight is 283 g/mol. The predicted octanol–water partition coefficient (Wildman–Crippen LogP) is 1.73. The van der Waals surface area contributed by atoms with Crippen molar-refractivity contribution >= 4 is 6.09 Å². The lowest BCUT2D eigenvalue weighted by Crippen LogP contribution is -2.57. The van der Waals surface area contributed by atoms with E-state index in [0.717, 1.165) is 19.4 Å². The molecule has 0 bridgehead atoms. The molecule has 0 radical (unpaired) electrons. The van der Waals surface area contributed by atoms with Gasteiger partial charge in [-0.05, 0) is 60.0 Å². The Bertz CT molecular complexity index is 335. The fourth-order valence-electron chi connectivity index (χ4n) is 2.98. The fraction of sp³-hybridized carbons (Fsp3) is 0.933. The summed E-state index contributed by atoms with van der Waals surface area (Å²) in [4.78, 5) is 14.0. The number of hydrogen-bond acceptors (Lipinski definition) is 4. The molecular formula is C15H29N3O2. The largest absolute Gasteiger partial charge is 0.444 e. The molecule has 20 heavy (non-hydrogen) atoms. The molecule has 1 saturated heterocycles. The van der Waals surface area contributed by atoms with Crippen LogP contribution in [0, 0.1) is 0 Å². The number of ether oxygens (including phenoxy) is 1. The lowest BCUT2D eigenvalue weighted by Gasteiger charge is -2.41. The Morgan fingerprint density at radius 3 is 2.50 bits per heavy atom. The number of piperidine rings is 1. The molecule has 1 aliphatic carbocycles. The summed E-state index contributed by atoms with van der Waals surface area (Å²) < 4.78 is 5.27. The van der Waals surface area contributed by atoms with E-state index in [-0.39, 0.29) is 12.1 Å². The zero-order valence-electron chi connectivity index (χ0n) is 13.2. The van der Waals surface area contributed by atoms with Gasteiger partial charge < -0.3 is 20.3 Å². The molecule has 5 heteroatoms. The van der Waals surface area contributed by atoms with Crippen LogP contribution in [-0.4, -0.2) is 54.9 Å². The Morgan fingerprint density at radius 1 is 1.20 bits per heavy atom. The van der Waals surface area contributed by atoms with Gasteiger partial charge in [0.25, 0.3) is 0 Å². The molecule has 1 atom stereocenters. The van der Waals surface area contributed by atoms with E-state index in [0.29, 0.717) is 12.1 Å². The molecule has 5 nitrogen and oxygen atoms in total. The summed E-state index contributed by atoms with van der Waals surface area (Å²) in [5, 5.41) is 6.64. The van der Waals surface area contributed by atoms with Gasteiger partial charge in [-0.3, -0.25) is 0 Å². The van der Waals surface area contributed by atoms with Crippen LogP contribution in [0.4, 0.5) is 4.79 Å². The van der Waals surface area contributed by atoms with E-state index in [4.69, 9.17) is 4.74 Å². The lowest BCUT2D eigenvalue weighted by molar-refractivity contribution is 0.0459. The molecule has 2 rings (SSSR count). The second kappa shape index (κ2) is 6.31. The van der Waals surface area contributed by atoms with Gasteiger partial charge in [0.15, 0.2) is 0 Å². The van der Waals surface area contributed by atoms with Gasteiger partial charge in [0.05, 0.1) is 0 Å². The highest BCUT2D eigenvalue weighted by molar-refractivity contribution is 5.68. The maximum absolute atomic E-state index is 11.6. The second-order valence-corrected chi connectivity index (χ2v) is 7.28. The number of rotatable bonds is 3. The highest BCUT2D eigenvalue weighted by Gasteiger charge is 2.33. The number of carbonyl (C=O) groups is 1. The summed E-state index contributed by atoms with van der Waals surface area (Å²) in [5.74, 6) is 0. The summed E-state index contributed by atoms with van der Waals surface area (Å²) in [6.07, 6.45) is 4.28. The summed E-state index contributed by atoms with van der Waals surface area (Å²) in [6, 6.07) is 1.43. The molecule has 1 saturated carbocycles. The topological polar surface area (TPSA) is 53.6 Å². The Balaban J connectivity index is 1.61. The summed E-state index contributed by atoms with van der Waals surface area (Å²) >= 11 is 0. The molecule has 0 spiro atoms. The van der Waals surface area contributed by atoms with Gasteiger partial charge in [-0.15, -0.1) is 0 Å². The smallest absolute Gasteiger partial charge is 0.407 e. The normalized spacial score (nSPS) is 31.5. The molecule has 2 aliphatic rings. The van der Waals surface area contributed by atoms with Gasteiger partial charge in [0.2, 0.25) is 0 Å². The first-order valence-corrected chi connectivity index (χ1v) is 7.76. The number of likely N-dealkylation sites (tertiary alicyclic amines) is 1. The van der Waals surface area contributed by atoms with Crippen LogP contribution >= 0.6 is 0 Å². The molecule has 1 unspecified atom stereocenters. The standard InChI is InChI=1S/C15H29N3O2/c1-15(2,3)20-14(19)17-13-8-12(9-13)16-11-6-5-7-18(4)10-11/h11-13,16H,5-10H2,1-4H3,(H,17,19). The van der Waals surface area contributed by atoms with Crippen LogP contribution in [0.2, 0.25) is 0 Å².